The second-order valence-corrected chi connectivity index (χ2v) is 4.31. The topological polar surface area (TPSA) is 45.0 Å². The monoisotopic (exact) mass is 252 g/mol. The Morgan fingerprint density at radius 3 is 2.61 bits per heavy atom. The zero-order chi connectivity index (χ0) is 13.0. The maximum Gasteiger partial charge on any atom is 0.190 e. The van der Waals surface area contributed by atoms with E-state index in [4.69, 9.17) is 10.00 Å². The van der Waals surface area contributed by atoms with Crippen LogP contribution in [0.4, 0.5) is 8.78 Å². The van der Waals surface area contributed by atoms with Crippen molar-refractivity contribution in [2.45, 2.75) is 31.3 Å². The average molecular weight is 252 g/mol. The summed E-state index contributed by atoms with van der Waals surface area (Å²) in [5.74, 6) is -1.82. The SMILES string of the molecule is N#CC(CCOc1c(F)cccc1F)NC1CC1. The Morgan fingerprint density at radius 2 is 2.06 bits per heavy atom. The molecule has 1 N–H and O–H groups in total. The molecule has 1 saturated carbocycles. The van der Waals surface area contributed by atoms with Gasteiger partial charge in [0.05, 0.1) is 18.7 Å². The minimum Gasteiger partial charge on any atom is -0.488 e. The van der Waals surface area contributed by atoms with Crippen molar-refractivity contribution in [1.29, 1.82) is 5.26 Å². The third kappa shape index (κ3) is 3.41. The molecule has 0 spiro atoms. The van der Waals surface area contributed by atoms with E-state index in [-0.39, 0.29) is 18.4 Å². The number of nitrogens with one attached hydrogen (secondary N) is 1. The van der Waals surface area contributed by atoms with Crippen molar-refractivity contribution in [3.05, 3.63) is 29.8 Å². The lowest BCUT2D eigenvalue weighted by molar-refractivity contribution is 0.270. The third-order valence-electron chi connectivity index (χ3n) is 2.74. The van der Waals surface area contributed by atoms with Gasteiger partial charge in [0.25, 0.3) is 0 Å². The zero-order valence-corrected chi connectivity index (χ0v) is 9.83. The van der Waals surface area contributed by atoms with Gasteiger partial charge in [-0.2, -0.15) is 5.26 Å². The molecule has 1 aliphatic carbocycles. The molecule has 0 amide bonds. The minimum atomic E-state index is -0.723. The molecule has 96 valence electrons. The first kappa shape index (κ1) is 12.8. The second kappa shape index (κ2) is 5.78. The maximum atomic E-state index is 13.2. The lowest BCUT2D eigenvalue weighted by Crippen LogP contribution is -2.31. The van der Waals surface area contributed by atoms with Crippen LogP contribution in [0.2, 0.25) is 0 Å². The fourth-order valence-electron chi connectivity index (χ4n) is 1.62. The molecule has 2 rings (SSSR count). The summed E-state index contributed by atoms with van der Waals surface area (Å²) in [5.41, 5.74) is 0. The Labute approximate surface area is 104 Å². The Hall–Kier alpha value is -1.67. The van der Waals surface area contributed by atoms with Crippen molar-refractivity contribution in [2.75, 3.05) is 6.61 Å². The molecule has 0 saturated heterocycles. The largest absolute Gasteiger partial charge is 0.488 e. The van der Waals surface area contributed by atoms with Gasteiger partial charge in [-0.05, 0) is 25.0 Å². The summed E-state index contributed by atoms with van der Waals surface area (Å²) in [5, 5.41) is 12.0. The predicted octanol–water partition coefficient (Wildman–Crippen LogP) is 2.38. The Balaban J connectivity index is 1.82. The minimum absolute atomic E-state index is 0.107. The van der Waals surface area contributed by atoms with Crippen LogP contribution in [0, 0.1) is 23.0 Å². The molecule has 5 heteroatoms. The molecule has 1 aromatic rings. The Kier molecular flexibility index (Phi) is 4.11. The van der Waals surface area contributed by atoms with E-state index in [1.807, 2.05) is 0 Å². The fourth-order valence-corrected chi connectivity index (χ4v) is 1.62. The van der Waals surface area contributed by atoms with Gasteiger partial charge in [0, 0.05) is 12.5 Å². The molecule has 0 bridgehead atoms. The average Bonchev–Trinajstić information content (AvgIpc) is 3.15. The molecule has 3 nitrogen and oxygen atoms in total. The smallest absolute Gasteiger partial charge is 0.190 e. The molecule has 0 radical (unpaired) electrons. The lowest BCUT2D eigenvalue weighted by atomic mass is 10.2. The number of rotatable bonds is 6. The van der Waals surface area contributed by atoms with Crippen molar-refractivity contribution >= 4 is 0 Å². The molecular weight excluding hydrogens is 238 g/mol. The summed E-state index contributed by atoms with van der Waals surface area (Å²) in [6, 6.07) is 5.77. The van der Waals surface area contributed by atoms with E-state index in [1.165, 1.54) is 6.07 Å². The van der Waals surface area contributed by atoms with Crippen LogP contribution in [-0.2, 0) is 0 Å². The quantitative estimate of drug-likeness (QED) is 0.845. The van der Waals surface area contributed by atoms with Gasteiger partial charge in [-0.1, -0.05) is 6.07 Å². The van der Waals surface area contributed by atoms with Crippen LogP contribution in [0.5, 0.6) is 5.75 Å². The number of benzene rings is 1. The Bertz CT molecular complexity index is 435. The van der Waals surface area contributed by atoms with Gasteiger partial charge >= 0.3 is 0 Å². The van der Waals surface area contributed by atoms with Gasteiger partial charge in [-0.25, -0.2) is 8.78 Å². The molecule has 1 aromatic carbocycles. The fraction of sp³-hybridized carbons (Fsp3) is 0.462. The standard InChI is InChI=1S/C13H14F2N2O/c14-11-2-1-3-12(15)13(11)18-7-6-10(8-16)17-9-4-5-9/h1-3,9-10,17H,4-7H2. The molecule has 0 aliphatic heterocycles. The van der Waals surface area contributed by atoms with Crippen LogP contribution in [0.25, 0.3) is 0 Å². The van der Waals surface area contributed by atoms with Crippen molar-refractivity contribution in [2.24, 2.45) is 0 Å². The molecule has 0 aromatic heterocycles. The van der Waals surface area contributed by atoms with Crippen LogP contribution < -0.4 is 10.1 Å². The molecule has 1 unspecified atom stereocenters. The van der Waals surface area contributed by atoms with Gasteiger partial charge in [-0.3, -0.25) is 5.32 Å². The summed E-state index contributed by atoms with van der Waals surface area (Å²) < 4.78 is 31.5. The maximum absolute atomic E-state index is 13.2. The highest BCUT2D eigenvalue weighted by Gasteiger charge is 2.24. The van der Waals surface area contributed by atoms with Crippen LogP contribution >= 0.6 is 0 Å². The number of hydrogen-bond acceptors (Lipinski definition) is 3. The first-order valence-electron chi connectivity index (χ1n) is 5.93. The van der Waals surface area contributed by atoms with Crippen LogP contribution in [-0.4, -0.2) is 18.7 Å². The van der Waals surface area contributed by atoms with Crippen molar-refractivity contribution in [1.82, 2.24) is 5.32 Å². The number of para-hydroxylation sites is 1. The van der Waals surface area contributed by atoms with Crippen molar-refractivity contribution in [3.8, 4) is 11.8 Å². The van der Waals surface area contributed by atoms with E-state index >= 15 is 0 Å². The van der Waals surface area contributed by atoms with E-state index in [0.717, 1.165) is 25.0 Å². The lowest BCUT2D eigenvalue weighted by Gasteiger charge is -2.12. The highest BCUT2D eigenvalue weighted by atomic mass is 19.1. The summed E-state index contributed by atoms with van der Waals surface area (Å²) >= 11 is 0. The molecule has 1 fully saturated rings. The van der Waals surface area contributed by atoms with Crippen molar-refractivity contribution < 1.29 is 13.5 Å². The van der Waals surface area contributed by atoms with Crippen LogP contribution in [0.15, 0.2) is 18.2 Å². The highest BCUT2D eigenvalue weighted by molar-refractivity contribution is 5.25. The third-order valence-corrected chi connectivity index (χ3v) is 2.74. The van der Waals surface area contributed by atoms with E-state index in [0.29, 0.717) is 12.5 Å². The predicted molar refractivity (Wildman–Crippen MR) is 62.0 cm³/mol. The summed E-state index contributed by atoms with van der Waals surface area (Å²) in [7, 11) is 0. The van der Waals surface area contributed by atoms with Crippen LogP contribution in [0.3, 0.4) is 0 Å². The first-order chi connectivity index (χ1) is 8.70. The van der Waals surface area contributed by atoms with E-state index in [9.17, 15) is 8.78 Å². The van der Waals surface area contributed by atoms with Gasteiger partial charge in [0.1, 0.15) is 0 Å². The second-order valence-electron chi connectivity index (χ2n) is 4.31. The Morgan fingerprint density at radius 1 is 1.39 bits per heavy atom. The van der Waals surface area contributed by atoms with E-state index in [2.05, 4.69) is 11.4 Å². The first-order valence-corrected chi connectivity index (χ1v) is 5.93. The molecular formula is C13H14F2N2O. The van der Waals surface area contributed by atoms with Gasteiger partial charge in [-0.15, -0.1) is 0 Å². The van der Waals surface area contributed by atoms with E-state index in [1.54, 1.807) is 0 Å². The van der Waals surface area contributed by atoms with Crippen molar-refractivity contribution in [3.63, 3.8) is 0 Å². The number of halogens is 2. The van der Waals surface area contributed by atoms with Gasteiger partial charge in [0.2, 0.25) is 0 Å². The number of nitrogens with zero attached hydrogens (tertiary/aromatic N) is 1. The van der Waals surface area contributed by atoms with Gasteiger partial charge in [0.15, 0.2) is 17.4 Å². The van der Waals surface area contributed by atoms with Crippen LogP contribution in [0.1, 0.15) is 19.3 Å². The summed E-state index contributed by atoms with van der Waals surface area (Å²) in [6.07, 6.45) is 2.57. The number of ether oxygens (including phenoxy) is 1. The summed E-state index contributed by atoms with van der Waals surface area (Å²) in [6.45, 7) is 0.107. The summed E-state index contributed by atoms with van der Waals surface area (Å²) in [4.78, 5) is 0. The normalized spacial score (nSPS) is 16.1. The van der Waals surface area contributed by atoms with Gasteiger partial charge < -0.3 is 4.74 Å². The zero-order valence-electron chi connectivity index (χ0n) is 9.83. The molecule has 1 aliphatic rings. The molecule has 0 heterocycles. The molecule has 1 atom stereocenters. The molecule has 18 heavy (non-hydrogen) atoms. The number of hydrogen-bond donors (Lipinski definition) is 1. The highest BCUT2D eigenvalue weighted by Crippen LogP contribution is 2.22. The number of nitriles is 1. The van der Waals surface area contributed by atoms with E-state index < -0.39 is 11.6 Å².